The van der Waals surface area contributed by atoms with Gasteiger partial charge in [-0.1, -0.05) is 28.5 Å². The van der Waals surface area contributed by atoms with Gasteiger partial charge < -0.3 is 9.26 Å². The predicted molar refractivity (Wildman–Crippen MR) is 106 cm³/mol. The summed E-state index contributed by atoms with van der Waals surface area (Å²) < 4.78 is 11.5. The van der Waals surface area contributed by atoms with Crippen molar-refractivity contribution in [2.75, 3.05) is 24.8 Å². The SMILES string of the molecule is COCCCn1c(SCC(=O)Nc2nc(C)no2)nc2cc(Cl)ccc2c1=O. The monoisotopic (exact) mass is 423 g/mol. The summed E-state index contributed by atoms with van der Waals surface area (Å²) in [7, 11) is 1.60. The Balaban J connectivity index is 1.83. The summed E-state index contributed by atoms with van der Waals surface area (Å²) in [6, 6.07) is 4.96. The summed E-state index contributed by atoms with van der Waals surface area (Å²) in [6.07, 6.45) is 0.637. The first-order valence-electron chi connectivity index (χ1n) is 8.40. The number of nitrogens with zero attached hydrogens (tertiary/aromatic N) is 4. The third-order valence-electron chi connectivity index (χ3n) is 3.72. The summed E-state index contributed by atoms with van der Waals surface area (Å²) in [4.78, 5) is 33.5. The van der Waals surface area contributed by atoms with Crippen LogP contribution in [0.3, 0.4) is 0 Å². The van der Waals surface area contributed by atoms with Crippen LogP contribution < -0.4 is 10.9 Å². The van der Waals surface area contributed by atoms with E-state index >= 15 is 0 Å². The highest BCUT2D eigenvalue weighted by molar-refractivity contribution is 7.99. The van der Waals surface area contributed by atoms with Crippen molar-refractivity contribution in [1.29, 1.82) is 0 Å². The fourth-order valence-electron chi connectivity index (χ4n) is 2.48. The van der Waals surface area contributed by atoms with Gasteiger partial charge in [-0.3, -0.25) is 19.5 Å². The van der Waals surface area contributed by atoms with Crippen LogP contribution in [0.2, 0.25) is 5.02 Å². The smallest absolute Gasteiger partial charge is 0.328 e. The summed E-state index contributed by atoms with van der Waals surface area (Å²) in [5.41, 5.74) is 0.295. The first-order valence-corrected chi connectivity index (χ1v) is 9.76. The summed E-state index contributed by atoms with van der Waals surface area (Å²) in [5.74, 6) is 0.0880. The molecule has 0 aliphatic carbocycles. The maximum Gasteiger partial charge on any atom is 0.328 e. The lowest BCUT2D eigenvalue weighted by atomic mass is 10.2. The molecule has 2 heterocycles. The van der Waals surface area contributed by atoms with E-state index < -0.39 is 0 Å². The fourth-order valence-corrected chi connectivity index (χ4v) is 3.47. The number of aryl methyl sites for hydroxylation is 1. The number of ether oxygens (including phenoxy) is 1. The molecule has 1 N–H and O–H groups in total. The first kappa shape index (κ1) is 20.3. The van der Waals surface area contributed by atoms with Gasteiger partial charge in [-0.25, -0.2) is 4.98 Å². The largest absolute Gasteiger partial charge is 0.385 e. The van der Waals surface area contributed by atoms with E-state index in [9.17, 15) is 9.59 Å². The minimum Gasteiger partial charge on any atom is -0.385 e. The Morgan fingerprint density at radius 1 is 1.39 bits per heavy atom. The molecular formula is C17H18ClN5O4S. The van der Waals surface area contributed by atoms with Gasteiger partial charge in [-0.2, -0.15) is 4.98 Å². The third-order valence-corrected chi connectivity index (χ3v) is 4.93. The van der Waals surface area contributed by atoms with Crippen LogP contribution in [0.4, 0.5) is 6.01 Å². The van der Waals surface area contributed by atoms with Crippen LogP contribution >= 0.6 is 23.4 Å². The van der Waals surface area contributed by atoms with Crippen molar-refractivity contribution >= 4 is 46.2 Å². The molecule has 2 aromatic heterocycles. The Morgan fingerprint density at radius 2 is 2.21 bits per heavy atom. The number of carbonyl (C=O) groups is 1. The number of amides is 1. The van der Waals surface area contributed by atoms with Crippen molar-refractivity contribution in [2.24, 2.45) is 0 Å². The lowest BCUT2D eigenvalue weighted by molar-refractivity contribution is -0.114. The number of hydrogen-bond donors (Lipinski definition) is 1. The van der Waals surface area contributed by atoms with Crippen LogP contribution in [0, 0.1) is 6.92 Å². The van der Waals surface area contributed by atoms with Crippen LogP contribution in [0.1, 0.15) is 12.2 Å². The normalized spacial score (nSPS) is 11.1. The molecule has 1 aromatic carbocycles. The molecule has 3 rings (SSSR count). The number of hydrogen-bond acceptors (Lipinski definition) is 8. The molecule has 0 aliphatic heterocycles. The quantitative estimate of drug-likeness (QED) is 0.334. The summed E-state index contributed by atoms with van der Waals surface area (Å²) in [6.45, 7) is 2.58. The molecule has 0 aliphatic rings. The Hall–Kier alpha value is -2.43. The molecule has 148 valence electrons. The minimum atomic E-state index is -0.350. The molecule has 0 saturated heterocycles. The van der Waals surface area contributed by atoms with Crippen molar-refractivity contribution in [2.45, 2.75) is 25.0 Å². The van der Waals surface area contributed by atoms with Gasteiger partial charge in [0.2, 0.25) is 5.91 Å². The van der Waals surface area contributed by atoms with E-state index in [-0.39, 0.29) is 23.2 Å². The molecule has 0 unspecified atom stereocenters. The van der Waals surface area contributed by atoms with Gasteiger partial charge in [0.1, 0.15) is 0 Å². The van der Waals surface area contributed by atoms with Gasteiger partial charge in [0, 0.05) is 25.3 Å². The van der Waals surface area contributed by atoms with E-state index in [4.69, 9.17) is 20.9 Å². The second-order valence-corrected chi connectivity index (χ2v) is 7.22. The number of nitrogens with one attached hydrogen (secondary N) is 1. The Bertz CT molecular complexity index is 1050. The lowest BCUT2D eigenvalue weighted by Gasteiger charge is -2.13. The zero-order valence-electron chi connectivity index (χ0n) is 15.3. The van der Waals surface area contributed by atoms with E-state index in [1.165, 1.54) is 0 Å². The molecule has 0 fully saturated rings. The number of rotatable bonds is 8. The van der Waals surface area contributed by atoms with Crippen LogP contribution in [0.15, 0.2) is 32.7 Å². The second-order valence-electron chi connectivity index (χ2n) is 5.84. The zero-order valence-corrected chi connectivity index (χ0v) is 16.8. The van der Waals surface area contributed by atoms with Gasteiger partial charge in [-0.15, -0.1) is 0 Å². The number of anilines is 1. The van der Waals surface area contributed by atoms with Gasteiger partial charge in [0.25, 0.3) is 5.56 Å². The first-order chi connectivity index (χ1) is 13.5. The summed E-state index contributed by atoms with van der Waals surface area (Å²) >= 11 is 7.17. The van der Waals surface area contributed by atoms with Crippen LogP contribution in [-0.4, -0.2) is 45.1 Å². The highest BCUT2D eigenvalue weighted by Crippen LogP contribution is 2.21. The van der Waals surface area contributed by atoms with Crippen LogP contribution in [0.5, 0.6) is 0 Å². The van der Waals surface area contributed by atoms with Crippen molar-refractivity contribution in [3.05, 3.63) is 39.4 Å². The molecular weight excluding hydrogens is 406 g/mol. The Labute approximate surface area is 169 Å². The van der Waals surface area contributed by atoms with E-state index in [1.54, 1.807) is 36.8 Å². The number of halogens is 1. The van der Waals surface area contributed by atoms with Gasteiger partial charge >= 0.3 is 6.01 Å². The van der Waals surface area contributed by atoms with E-state index in [1.807, 2.05) is 0 Å². The van der Waals surface area contributed by atoms with Gasteiger partial charge in [0.15, 0.2) is 11.0 Å². The lowest BCUT2D eigenvalue weighted by Crippen LogP contribution is -2.25. The number of thioether (sulfide) groups is 1. The second kappa shape index (κ2) is 9.18. The van der Waals surface area contributed by atoms with Crippen molar-refractivity contribution < 1.29 is 14.1 Å². The zero-order chi connectivity index (χ0) is 20.1. The number of aromatic nitrogens is 4. The molecule has 0 bridgehead atoms. The van der Waals surface area contributed by atoms with Crippen LogP contribution in [-0.2, 0) is 16.1 Å². The molecule has 3 aromatic rings. The Morgan fingerprint density at radius 3 is 2.93 bits per heavy atom. The average Bonchev–Trinajstić information content (AvgIpc) is 3.06. The fraction of sp³-hybridized carbons (Fsp3) is 0.353. The number of carbonyl (C=O) groups excluding carboxylic acids is 1. The maximum absolute atomic E-state index is 12.9. The molecule has 11 heteroatoms. The number of fused-ring (bicyclic) bond motifs is 1. The molecule has 1 amide bonds. The highest BCUT2D eigenvalue weighted by Gasteiger charge is 2.15. The van der Waals surface area contributed by atoms with Crippen LogP contribution in [0.25, 0.3) is 10.9 Å². The maximum atomic E-state index is 12.9. The van der Waals surface area contributed by atoms with Crippen molar-refractivity contribution in [3.8, 4) is 0 Å². The van der Waals surface area contributed by atoms with E-state index in [0.29, 0.717) is 46.5 Å². The van der Waals surface area contributed by atoms with Crippen molar-refractivity contribution in [1.82, 2.24) is 19.7 Å². The van der Waals surface area contributed by atoms with Crippen molar-refractivity contribution in [3.63, 3.8) is 0 Å². The highest BCUT2D eigenvalue weighted by atomic mass is 35.5. The third kappa shape index (κ3) is 4.89. The molecule has 0 spiro atoms. The molecule has 9 nitrogen and oxygen atoms in total. The average molecular weight is 424 g/mol. The topological polar surface area (TPSA) is 112 Å². The van der Waals surface area contributed by atoms with E-state index in [0.717, 1.165) is 11.8 Å². The molecule has 0 saturated carbocycles. The number of benzene rings is 1. The molecule has 28 heavy (non-hydrogen) atoms. The van der Waals surface area contributed by atoms with Gasteiger partial charge in [0.05, 0.1) is 16.7 Å². The number of methoxy groups -OCH3 is 1. The molecule has 0 radical (unpaired) electrons. The predicted octanol–water partition coefficient (Wildman–Crippen LogP) is 2.51. The summed E-state index contributed by atoms with van der Waals surface area (Å²) in [5, 5.41) is 7.49. The Kier molecular flexibility index (Phi) is 6.65. The van der Waals surface area contributed by atoms with E-state index in [2.05, 4.69) is 20.4 Å². The van der Waals surface area contributed by atoms with Gasteiger partial charge in [-0.05, 0) is 31.5 Å². The minimum absolute atomic E-state index is 0.0181. The standard InChI is InChI=1S/C17H18ClN5O4S/c1-10-19-16(27-22-10)21-14(24)9-28-17-20-13-8-11(18)4-5-12(13)15(25)23(17)6-3-7-26-2/h4-5,8H,3,6-7,9H2,1-2H3,(H,19,21,22,24). The molecule has 0 atom stereocenters.